The quantitative estimate of drug-likeness (QED) is 0.726. The second-order valence-electron chi connectivity index (χ2n) is 6.70. The van der Waals surface area contributed by atoms with Crippen LogP contribution in [0, 0.1) is 5.92 Å². The molecule has 0 saturated carbocycles. The average Bonchev–Trinajstić information content (AvgIpc) is 3.18. The van der Waals surface area contributed by atoms with Crippen molar-refractivity contribution >= 4 is 10.0 Å². The molecule has 2 heterocycles. The van der Waals surface area contributed by atoms with E-state index in [4.69, 9.17) is 9.47 Å². The summed E-state index contributed by atoms with van der Waals surface area (Å²) >= 11 is 0. The Kier molecular flexibility index (Phi) is 6.49. The van der Waals surface area contributed by atoms with Crippen LogP contribution in [0.1, 0.15) is 19.0 Å². The third-order valence-corrected chi connectivity index (χ3v) is 6.05. The Hall–Kier alpha value is -2.11. The van der Waals surface area contributed by atoms with Crippen molar-refractivity contribution < 1.29 is 31.1 Å². The summed E-state index contributed by atoms with van der Waals surface area (Å²) < 4.78 is 76.7. The first-order valence-corrected chi connectivity index (χ1v) is 10.8. The van der Waals surface area contributed by atoms with E-state index in [1.165, 1.54) is 6.20 Å². The van der Waals surface area contributed by atoms with Gasteiger partial charge in [0.1, 0.15) is 5.75 Å². The molecule has 11 heteroatoms. The molecule has 2 aromatic rings. The summed E-state index contributed by atoms with van der Waals surface area (Å²) in [6.07, 6.45) is -2.69. The molecule has 1 aromatic carbocycles. The predicted molar refractivity (Wildman–Crippen MR) is 99.4 cm³/mol. The van der Waals surface area contributed by atoms with Gasteiger partial charge in [0, 0.05) is 24.8 Å². The summed E-state index contributed by atoms with van der Waals surface area (Å²) in [7, 11) is -3.33. The number of halogens is 3. The maximum absolute atomic E-state index is 12.7. The molecule has 0 aliphatic carbocycles. The summed E-state index contributed by atoms with van der Waals surface area (Å²) in [6.45, 7) is 2.68. The third-order valence-electron chi connectivity index (χ3n) is 4.63. The van der Waals surface area contributed by atoms with Gasteiger partial charge in [-0.25, -0.2) is 17.8 Å². The lowest BCUT2D eigenvalue weighted by Gasteiger charge is -2.31. The van der Waals surface area contributed by atoms with E-state index in [9.17, 15) is 21.6 Å². The Morgan fingerprint density at radius 1 is 1.28 bits per heavy atom. The molecule has 2 atom stereocenters. The molecule has 1 fully saturated rings. The number of nitrogens with zero attached hydrogens (tertiary/aromatic N) is 2. The zero-order valence-electron chi connectivity index (χ0n) is 15.7. The molecule has 1 aliphatic rings. The molecule has 1 aromatic heterocycles. The van der Waals surface area contributed by atoms with Crippen molar-refractivity contribution in [3.63, 3.8) is 0 Å². The summed E-state index contributed by atoms with van der Waals surface area (Å²) in [5.74, 6) is 0.368. The van der Waals surface area contributed by atoms with Crippen molar-refractivity contribution in [1.29, 1.82) is 0 Å². The molecule has 1 saturated heterocycles. The highest BCUT2D eigenvalue weighted by Gasteiger charge is 2.33. The number of ether oxygens (including phenoxy) is 2. The fourth-order valence-electron chi connectivity index (χ4n) is 2.95. The lowest BCUT2D eigenvalue weighted by Crippen LogP contribution is -2.47. The minimum atomic E-state index is -4.49. The van der Waals surface area contributed by atoms with Gasteiger partial charge in [-0.3, -0.25) is 0 Å². The van der Waals surface area contributed by atoms with E-state index in [0.29, 0.717) is 31.1 Å². The molecule has 1 N–H and O–H groups in total. The molecule has 0 amide bonds. The first-order chi connectivity index (χ1) is 13.7. The summed E-state index contributed by atoms with van der Waals surface area (Å²) in [5.41, 5.74) is -0.502. The molecular weight excluding hydrogens is 411 g/mol. The predicted octanol–water partition coefficient (Wildman–Crippen LogP) is 2.61. The Morgan fingerprint density at radius 2 is 2.00 bits per heavy atom. The van der Waals surface area contributed by atoms with Gasteiger partial charge in [0.25, 0.3) is 0 Å². The van der Waals surface area contributed by atoms with Gasteiger partial charge in [0.05, 0.1) is 24.7 Å². The average molecular weight is 433 g/mol. The number of aromatic nitrogens is 2. The van der Waals surface area contributed by atoms with Gasteiger partial charge >= 0.3 is 6.18 Å². The van der Waals surface area contributed by atoms with Gasteiger partial charge in [-0.15, -0.1) is 0 Å². The van der Waals surface area contributed by atoms with Crippen LogP contribution >= 0.6 is 0 Å². The van der Waals surface area contributed by atoms with Gasteiger partial charge < -0.3 is 9.47 Å². The van der Waals surface area contributed by atoms with Crippen molar-refractivity contribution in [1.82, 2.24) is 14.5 Å². The number of benzene rings is 1. The molecule has 29 heavy (non-hydrogen) atoms. The molecular formula is C18H22F3N3O4S. The van der Waals surface area contributed by atoms with E-state index in [2.05, 4.69) is 9.82 Å². The molecule has 2 unspecified atom stereocenters. The van der Waals surface area contributed by atoms with Gasteiger partial charge in [0.2, 0.25) is 10.0 Å². The minimum Gasteiger partial charge on any atom is -0.493 e. The monoisotopic (exact) mass is 433 g/mol. The summed E-state index contributed by atoms with van der Waals surface area (Å²) in [5, 5.41) is 3.52. The van der Waals surface area contributed by atoms with Crippen LogP contribution < -0.4 is 9.46 Å². The summed E-state index contributed by atoms with van der Waals surface area (Å²) in [4.78, 5) is 0. The largest absolute Gasteiger partial charge is 0.493 e. The number of hydrogen-bond acceptors (Lipinski definition) is 5. The standard InChI is InChI=1S/C18H22F3N3O4S/c1-2-29(25,26)23-16-8-10-27-11-13(16)12-28-15-5-3-14(4-6-15)24-9-7-17(22-24)18(19,20)21/h3-7,9,13,16,23H,2,8,10-12H2,1H3. The van der Waals surface area contributed by atoms with Gasteiger partial charge in [-0.05, 0) is 43.7 Å². The third kappa shape index (κ3) is 5.71. The van der Waals surface area contributed by atoms with E-state index < -0.39 is 21.9 Å². The van der Waals surface area contributed by atoms with E-state index in [0.717, 1.165) is 10.7 Å². The molecule has 160 valence electrons. The molecule has 7 nitrogen and oxygen atoms in total. The normalized spacial score (nSPS) is 20.6. The lowest BCUT2D eigenvalue weighted by atomic mass is 9.98. The van der Waals surface area contributed by atoms with Crippen LogP contribution in [0.25, 0.3) is 5.69 Å². The maximum Gasteiger partial charge on any atom is 0.435 e. The Morgan fingerprint density at radius 3 is 2.62 bits per heavy atom. The second kappa shape index (κ2) is 8.72. The zero-order valence-corrected chi connectivity index (χ0v) is 16.5. The molecule has 3 rings (SSSR count). The van der Waals surface area contributed by atoms with Crippen LogP contribution in [0.3, 0.4) is 0 Å². The van der Waals surface area contributed by atoms with Crippen molar-refractivity contribution in [3.05, 3.63) is 42.2 Å². The topological polar surface area (TPSA) is 82.5 Å². The SMILES string of the molecule is CCS(=O)(=O)NC1CCOCC1COc1ccc(-n2ccc(C(F)(F)F)n2)cc1. The number of rotatable bonds is 7. The summed E-state index contributed by atoms with van der Waals surface area (Å²) in [6, 6.07) is 7.08. The molecule has 0 spiro atoms. The van der Waals surface area contributed by atoms with E-state index >= 15 is 0 Å². The van der Waals surface area contributed by atoms with Gasteiger partial charge in [-0.2, -0.15) is 18.3 Å². The van der Waals surface area contributed by atoms with Gasteiger partial charge in [0.15, 0.2) is 5.69 Å². The van der Waals surface area contributed by atoms with E-state index in [-0.39, 0.29) is 24.3 Å². The first kappa shape index (κ1) is 21.6. The molecule has 1 aliphatic heterocycles. The lowest BCUT2D eigenvalue weighted by molar-refractivity contribution is -0.141. The number of hydrogen-bond donors (Lipinski definition) is 1. The van der Waals surface area contributed by atoms with Crippen molar-refractivity contribution in [3.8, 4) is 11.4 Å². The minimum absolute atomic E-state index is 0.00285. The number of sulfonamides is 1. The van der Waals surface area contributed by atoms with Crippen LogP contribution in [0.5, 0.6) is 5.75 Å². The fraction of sp³-hybridized carbons (Fsp3) is 0.500. The number of nitrogens with one attached hydrogen (secondary N) is 1. The fourth-order valence-corrected chi connectivity index (χ4v) is 3.89. The van der Waals surface area contributed by atoms with Crippen LogP contribution in [-0.4, -0.2) is 49.8 Å². The van der Waals surface area contributed by atoms with Crippen LogP contribution in [0.15, 0.2) is 36.5 Å². The highest BCUT2D eigenvalue weighted by atomic mass is 32.2. The Labute approximate surface area is 166 Å². The maximum atomic E-state index is 12.7. The highest BCUT2D eigenvalue weighted by molar-refractivity contribution is 7.89. The van der Waals surface area contributed by atoms with Crippen molar-refractivity contribution in [2.24, 2.45) is 5.92 Å². The molecule has 0 radical (unpaired) electrons. The van der Waals surface area contributed by atoms with Crippen molar-refractivity contribution in [2.45, 2.75) is 25.6 Å². The first-order valence-electron chi connectivity index (χ1n) is 9.12. The second-order valence-corrected chi connectivity index (χ2v) is 8.74. The van der Waals surface area contributed by atoms with Crippen LogP contribution in [0.4, 0.5) is 13.2 Å². The van der Waals surface area contributed by atoms with E-state index in [1.807, 2.05) is 0 Å². The van der Waals surface area contributed by atoms with Crippen LogP contribution in [0.2, 0.25) is 0 Å². The highest BCUT2D eigenvalue weighted by Crippen LogP contribution is 2.28. The number of alkyl halides is 3. The Balaban J connectivity index is 1.61. The molecule has 0 bridgehead atoms. The van der Waals surface area contributed by atoms with Crippen LogP contribution in [-0.2, 0) is 20.9 Å². The smallest absolute Gasteiger partial charge is 0.435 e. The Bertz CT molecular complexity index is 913. The van der Waals surface area contributed by atoms with Gasteiger partial charge in [-0.1, -0.05) is 0 Å². The van der Waals surface area contributed by atoms with E-state index in [1.54, 1.807) is 31.2 Å². The van der Waals surface area contributed by atoms with Crippen molar-refractivity contribution in [2.75, 3.05) is 25.6 Å². The zero-order chi connectivity index (χ0) is 21.1.